The highest BCUT2D eigenvalue weighted by Crippen LogP contribution is 2.46. The summed E-state index contributed by atoms with van der Waals surface area (Å²) in [6, 6.07) is 14.8. The van der Waals surface area contributed by atoms with Gasteiger partial charge < -0.3 is 19.1 Å². The molecule has 1 saturated heterocycles. The van der Waals surface area contributed by atoms with Crippen LogP contribution in [0.15, 0.2) is 59.1 Å². The lowest BCUT2D eigenvalue weighted by Gasteiger charge is -2.13. The van der Waals surface area contributed by atoms with Crippen LogP contribution in [-0.4, -0.2) is 35.5 Å². The van der Waals surface area contributed by atoms with Gasteiger partial charge in [0.25, 0.3) is 0 Å². The number of benzene rings is 3. The summed E-state index contributed by atoms with van der Waals surface area (Å²) >= 11 is 19.4. The van der Waals surface area contributed by atoms with Gasteiger partial charge in [-0.05, 0) is 55.3 Å². The van der Waals surface area contributed by atoms with Crippen LogP contribution >= 0.6 is 34.8 Å². The molecule has 0 unspecified atom stereocenters. The van der Waals surface area contributed by atoms with Crippen LogP contribution in [-0.2, 0) is 11.3 Å². The summed E-state index contributed by atoms with van der Waals surface area (Å²) in [7, 11) is 0. The van der Waals surface area contributed by atoms with Crippen molar-refractivity contribution in [2.75, 3.05) is 18.1 Å². The fraction of sp³-hybridized carbons (Fsp3) is 0.194. The monoisotopic (exact) mass is 622 g/mol. The van der Waals surface area contributed by atoms with E-state index in [4.69, 9.17) is 48.8 Å². The molecule has 0 spiro atoms. The number of amides is 1. The first-order valence-electron chi connectivity index (χ1n) is 13.0. The van der Waals surface area contributed by atoms with Crippen LogP contribution in [0.2, 0.25) is 15.1 Å². The molecule has 2 fully saturated rings. The zero-order valence-corrected chi connectivity index (χ0v) is 24.1. The zero-order chi connectivity index (χ0) is 29.4. The smallest absolute Gasteiger partial charge is 0.414 e. The first-order valence-corrected chi connectivity index (χ1v) is 14.1. The van der Waals surface area contributed by atoms with Crippen molar-refractivity contribution in [1.82, 2.24) is 5.16 Å². The van der Waals surface area contributed by atoms with Crippen molar-refractivity contribution in [3.8, 4) is 28.8 Å². The Kier molecular flexibility index (Phi) is 7.74. The summed E-state index contributed by atoms with van der Waals surface area (Å²) in [5, 5.41) is 15.1. The number of carboxylic acid groups (broad SMARTS) is 1. The number of nitrogens with zero attached hydrogens (tertiary/aromatic N) is 2. The Morgan fingerprint density at radius 2 is 1.83 bits per heavy atom. The Morgan fingerprint density at radius 3 is 2.50 bits per heavy atom. The second-order valence-corrected chi connectivity index (χ2v) is 11.0. The molecule has 212 valence electrons. The van der Waals surface area contributed by atoms with E-state index < -0.39 is 12.1 Å². The van der Waals surface area contributed by atoms with Crippen molar-refractivity contribution in [3.05, 3.63) is 97.7 Å². The Labute approximate surface area is 255 Å². The first-order chi connectivity index (χ1) is 20.3. The highest BCUT2D eigenvalue weighted by atomic mass is 35.5. The molecule has 2 heterocycles. The van der Waals surface area contributed by atoms with Gasteiger partial charge in [-0.3, -0.25) is 4.90 Å². The van der Waals surface area contributed by atoms with Crippen LogP contribution in [0.25, 0.3) is 11.3 Å². The van der Waals surface area contributed by atoms with Gasteiger partial charge in [0.1, 0.15) is 30.4 Å². The van der Waals surface area contributed by atoms with E-state index in [1.807, 2.05) is 0 Å². The highest BCUT2D eigenvalue weighted by molar-refractivity contribution is 6.39. The molecule has 8 nitrogen and oxygen atoms in total. The molecule has 42 heavy (non-hydrogen) atoms. The zero-order valence-electron chi connectivity index (χ0n) is 21.8. The topological polar surface area (TPSA) is 102 Å². The molecule has 1 aliphatic carbocycles. The third-order valence-electron chi connectivity index (χ3n) is 6.87. The maximum Gasteiger partial charge on any atom is 0.414 e. The van der Waals surface area contributed by atoms with Crippen LogP contribution in [0.5, 0.6) is 5.75 Å². The number of hydrogen-bond acceptors (Lipinski definition) is 6. The molecule has 1 N–H and O–H groups in total. The van der Waals surface area contributed by atoms with E-state index in [0.717, 1.165) is 24.2 Å². The fourth-order valence-electron chi connectivity index (χ4n) is 4.62. The minimum atomic E-state index is -1.13. The number of aromatic nitrogens is 1. The Morgan fingerprint density at radius 1 is 1.05 bits per heavy atom. The lowest BCUT2D eigenvalue weighted by molar-refractivity contribution is 0.0696. The first kappa shape index (κ1) is 28.0. The van der Waals surface area contributed by atoms with Crippen molar-refractivity contribution in [3.63, 3.8) is 0 Å². The number of cyclic esters (lactones) is 1. The third-order valence-corrected chi connectivity index (χ3v) is 7.81. The van der Waals surface area contributed by atoms with E-state index in [2.05, 4.69) is 17.0 Å². The predicted molar refractivity (Wildman–Crippen MR) is 158 cm³/mol. The van der Waals surface area contributed by atoms with Gasteiger partial charge in [-0.25, -0.2) is 9.59 Å². The van der Waals surface area contributed by atoms with Gasteiger partial charge in [0, 0.05) is 34.4 Å². The van der Waals surface area contributed by atoms with Crippen molar-refractivity contribution in [1.29, 1.82) is 0 Å². The number of carboxylic acids is 1. The summed E-state index contributed by atoms with van der Waals surface area (Å²) in [4.78, 5) is 25.0. The molecule has 1 aromatic heterocycles. The molecule has 6 rings (SSSR count). The standard InChI is InChI=1S/C31H21Cl3N2O6/c32-24-2-1-3-25(33)27(24)28-23(29(42-35-28)19-6-7-19)16-41-22-9-8-18(26(34)15-22)5-4-17-12-20(30(37)38)14-21(13-17)36-10-11-40-31(36)39/h1-3,8-9,12-15,19H,6-7,10-11,16H2,(H,37,38). The van der Waals surface area contributed by atoms with Gasteiger partial charge in [-0.2, -0.15) is 0 Å². The van der Waals surface area contributed by atoms with E-state index in [0.29, 0.717) is 55.4 Å². The van der Waals surface area contributed by atoms with E-state index in [1.165, 1.54) is 17.0 Å². The number of halogens is 3. The minimum absolute atomic E-state index is 0.00287. The minimum Gasteiger partial charge on any atom is -0.489 e. The average molecular weight is 624 g/mol. The molecule has 0 radical (unpaired) electrons. The van der Waals surface area contributed by atoms with Gasteiger partial charge in [-0.1, -0.05) is 57.9 Å². The third kappa shape index (κ3) is 5.77. The lowest BCUT2D eigenvalue weighted by Crippen LogP contribution is -2.23. The van der Waals surface area contributed by atoms with Gasteiger partial charge in [0.05, 0.1) is 32.7 Å². The molecule has 1 saturated carbocycles. The number of rotatable bonds is 7. The summed E-state index contributed by atoms with van der Waals surface area (Å²) < 4.78 is 16.8. The quantitative estimate of drug-likeness (QED) is 0.210. The molecule has 2 aliphatic rings. The van der Waals surface area contributed by atoms with Crippen LogP contribution in [0.4, 0.5) is 10.5 Å². The number of hydrogen-bond donors (Lipinski definition) is 1. The van der Waals surface area contributed by atoms with E-state index in [-0.39, 0.29) is 24.7 Å². The second-order valence-electron chi connectivity index (χ2n) is 9.76. The molecule has 1 aliphatic heterocycles. The summed E-state index contributed by atoms with van der Waals surface area (Å²) in [5.41, 5.74) is 3.24. The van der Waals surface area contributed by atoms with Crippen LogP contribution in [0.1, 0.15) is 51.6 Å². The summed E-state index contributed by atoms with van der Waals surface area (Å²) in [6.45, 7) is 0.721. The van der Waals surface area contributed by atoms with Gasteiger partial charge >= 0.3 is 12.1 Å². The lowest BCUT2D eigenvalue weighted by atomic mass is 10.0. The van der Waals surface area contributed by atoms with Crippen LogP contribution < -0.4 is 9.64 Å². The van der Waals surface area contributed by atoms with Crippen molar-refractivity contribution in [2.45, 2.75) is 25.4 Å². The highest BCUT2D eigenvalue weighted by Gasteiger charge is 2.33. The number of carbonyl (C=O) groups excluding carboxylic acids is 1. The van der Waals surface area contributed by atoms with E-state index in [1.54, 1.807) is 42.5 Å². The molecule has 1 amide bonds. The molecule has 4 aromatic rings. The van der Waals surface area contributed by atoms with Gasteiger partial charge in [0.15, 0.2) is 0 Å². The van der Waals surface area contributed by atoms with Crippen molar-refractivity contribution in [2.24, 2.45) is 0 Å². The second kappa shape index (κ2) is 11.6. The predicted octanol–water partition coefficient (Wildman–Crippen LogP) is 7.81. The normalized spacial score (nSPS) is 14.4. The van der Waals surface area contributed by atoms with E-state index in [9.17, 15) is 14.7 Å². The van der Waals surface area contributed by atoms with Crippen LogP contribution in [0.3, 0.4) is 0 Å². The maximum absolute atomic E-state index is 12.0. The number of aromatic carboxylic acids is 1. The molecule has 3 aromatic carbocycles. The summed E-state index contributed by atoms with van der Waals surface area (Å²) in [5.74, 6) is 6.34. The number of anilines is 1. The van der Waals surface area contributed by atoms with Gasteiger partial charge in [-0.15, -0.1) is 0 Å². The Hall–Kier alpha value is -4.16. The van der Waals surface area contributed by atoms with E-state index >= 15 is 0 Å². The van der Waals surface area contributed by atoms with Gasteiger partial charge in [0.2, 0.25) is 0 Å². The SMILES string of the molecule is O=C(O)c1cc(C#Cc2ccc(OCc3c(-c4c(Cl)cccc4Cl)noc3C3CC3)cc2Cl)cc(N2CCOC2=O)c1. The molecule has 0 bridgehead atoms. The van der Waals surface area contributed by atoms with Crippen molar-refractivity contribution < 1.29 is 28.7 Å². The molecular formula is C31H21Cl3N2O6. The molecular weight excluding hydrogens is 603 g/mol. The summed E-state index contributed by atoms with van der Waals surface area (Å²) in [6.07, 6.45) is 1.49. The Bertz CT molecular complexity index is 1770. The Balaban J connectivity index is 1.24. The largest absolute Gasteiger partial charge is 0.489 e. The van der Waals surface area contributed by atoms with Crippen LogP contribution in [0, 0.1) is 11.8 Å². The fourth-order valence-corrected chi connectivity index (χ4v) is 5.42. The maximum atomic E-state index is 12.0. The number of carbonyl (C=O) groups is 2. The average Bonchev–Trinajstić information content (AvgIpc) is 3.59. The number of ether oxygens (including phenoxy) is 2. The van der Waals surface area contributed by atoms with Crippen molar-refractivity contribution >= 4 is 52.6 Å². The molecule has 0 atom stereocenters. The molecule has 11 heteroatoms.